The molecular formula is C28H45NO. The van der Waals surface area contributed by atoms with Crippen LogP contribution in [-0.2, 0) is 4.74 Å². The van der Waals surface area contributed by atoms with Crippen molar-refractivity contribution in [3.05, 3.63) is 35.4 Å². The highest BCUT2D eigenvalue weighted by molar-refractivity contribution is 5.28. The van der Waals surface area contributed by atoms with E-state index in [1.165, 1.54) is 82.6 Å². The van der Waals surface area contributed by atoms with E-state index in [4.69, 9.17) is 4.74 Å². The Morgan fingerprint density at radius 3 is 2.30 bits per heavy atom. The Morgan fingerprint density at radius 1 is 0.867 bits per heavy atom. The molecule has 3 fully saturated rings. The van der Waals surface area contributed by atoms with E-state index in [2.05, 4.69) is 50.4 Å². The smallest absolute Gasteiger partial charge is 0.134 e. The summed E-state index contributed by atoms with van der Waals surface area (Å²) >= 11 is 0. The molecule has 2 unspecified atom stereocenters. The van der Waals surface area contributed by atoms with Crippen LogP contribution < -0.4 is 5.32 Å². The Morgan fingerprint density at radius 2 is 1.57 bits per heavy atom. The summed E-state index contributed by atoms with van der Waals surface area (Å²) in [5.41, 5.74) is 2.92. The van der Waals surface area contributed by atoms with Gasteiger partial charge in [-0.3, -0.25) is 5.32 Å². The van der Waals surface area contributed by atoms with Gasteiger partial charge in [-0.2, -0.15) is 0 Å². The van der Waals surface area contributed by atoms with E-state index in [1.54, 1.807) is 5.56 Å². The Bertz CT molecular complexity index is 651. The van der Waals surface area contributed by atoms with E-state index in [0.717, 1.165) is 30.3 Å². The molecular weight excluding hydrogens is 366 g/mol. The molecule has 0 spiro atoms. The highest BCUT2D eigenvalue weighted by atomic mass is 16.5. The minimum absolute atomic E-state index is 0.0574. The molecule has 2 aliphatic carbocycles. The fourth-order valence-electron chi connectivity index (χ4n) is 6.44. The molecule has 1 aromatic rings. The molecule has 0 bridgehead atoms. The van der Waals surface area contributed by atoms with Gasteiger partial charge in [0.1, 0.15) is 6.23 Å². The fraction of sp³-hybridized carbons (Fsp3) is 0.786. The fourth-order valence-corrected chi connectivity index (χ4v) is 6.44. The monoisotopic (exact) mass is 411 g/mol. The molecule has 2 nitrogen and oxygen atoms in total. The summed E-state index contributed by atoms with van der Waals surface area (Å²) < 4.78 is 5.96. The van der Waals surface area contributed by atoms with Gasteiger partial charge in [-0.05, 0) is 80.8 Å². The van der Waals surface area contributed by atoms with Gasteiger partial charge in [0.15, 0.2) is 0 Å². The van der Waals surface area contributed by atoms with Gasteiger partial charge in [-0.25, -0.2) is 0 Å². The molecule has 0 radical (unpaired) electrons. The second-order valence-corrected chi connectivity index (χ2v) is 11.3. The Labute approximate surface area is 185 Å². The third-order valence-corrected chi connectivity index (χ3v) is 8.28. The van der Waals surface area contributed by atoms with Crippen molar-refractivity contribution in [1.82, 2.24) is 5.32 Å². The van der Waals surface area contributed by atoms with Crippen molar-refractivity contribution < 1.29 is 4.74 Å². The van der Waals surface area contributed by atoms with Crippen molar-refractivity contribution in [3.8, 4) is 0 Å². The zero-order valence-electron chi connectivity index (χ0n) is 19.8. The summed E-state index contributed by atoms with van der Waals surface area (Å²) in [4.78, 5) is 0. The zero-order valence-corrected chi connectivity index (χ0v) is 19.8. The summed E-state index contributed by atoms with van der Waals surface area (Å²) in [6, 6.07) is 9.38. The Kier molecular flexibility index (Phi) is 7.57. The summed E-state index contributed by atoms with van der Waals surface area (Å²) in [5.74, 6) is 3.82. The normalized spacial score (nSPS) is 33.4. The van der Waals surface area contributed by atoms with Gasteiger partial charge in [0.05, 0.1) is 6.61 Å². The lowest BCUT2D eigenvalue weighted by atomic mass is 9.63. The molecule has 1 saturated heterocycles. The molecule has 1 aromatic carbocycles. The average molecular weight is 412 g/mol. The largest absolute Gasteiger partial charge is 0.357 e. The molecule has 168 valence electrons. The number of unbranched alkanes of at least 4 members (excludes halogenated alkanes) is 4. The van der Waals surface area contributed by atoms with Crippen molar-refractivity contribution in [2.24, 2.45) is 17.8 Å². The van der Waals surface area contributed by atoms with E-state index in [-0.39, 0.29) is 11.8 Å². The van der Waals surface area contributed by atoms with Crippen LogP contribution in [0.5, 0.6) is 0 Å². The van der Waals surface area contributed by atoms with E-state index in [0.29, 0.717) is 0 Å². The number of nitrogens with one attached hydrogen (secondary N) is 1. The quantitative estimate of drug-likeness (QED) is 0.442. The van der Waals surface area contributed by atoms with Crippen LogP contribution in [0.2, 0.25) is 0 Å². The van der Waals surface area contributed by atoms with Crippen LogP contribution in [0.3, 0.4) is 0 Å². The predicted octanol–water partition coefficient (Wildman–Crippen LogP) is 7.74. The topological polar surface area (TPSA) is 21.3 Å². The van der Waals surface area contributed by atoms with Crippen LogP contribution in [0.25, 0.3) is 0 Å². The third kappa shape index (κ3) is 5.68. The maximum atomic E-state index is 5.96. The minimum Gasteiger partial charge on any atom is -0.357 e. The van der Waals surface area contributed by atoms with Gasteiger partial charge < -0.3 is 4.74 Å². The van der Waals surface area contributed by atoms with Crippen molar-refractivity contribution in [2.45, 2.75) is 116 Å². The van der Waals surface area contributed by atoms with Crippen LogP contribution >= 0.6 is 0 Å². The van der Waals surface area contributed by atoms with Gasteiger partial charge in [0.2, 0.25) is 0 Å². The SMILES string of the molecule is CCCCCCCC1CC[C@@H]2C[C@H](c3ccc(C4NC(C)(C)CO4)cc3)CC[C@@H]2C1. The standard InChI is InChI=1S/C28H45NO/c1-4-5-6-7-8-9-21-10-11-26-19-25(17-16-24(26)18-21)22-12-14-23(15-13-22)27-29-28(2,3)20-30-27/h12-15,21,24-27,29H,4-11,16-20H2,1-3H3/t21?,24-,25-,26-,27?/m1/s1. The first-order valence-corrected chi connectivity index (χ1v) is 13.0. The van der Waals surface area contributed by atoms with E-state index in [9.17, 15) is 0 Å². The second kappa shape index (κ2) is 10.2. The summed E-state index contributed by atoms with van der Waals surface area (Å²) in [6.45, 7) is 7.51. The molecule has 1 N–H and O–H groups in total. The minimum atomic E-state index is 0.0574. The van der Waals surface area contributed by atoms with Gasteiger partial charge in [-0.1, -0.05) is 76.1 Å². The molecule has 4 rings (SSSR count). The van der Waals surface area contributed by atoms with Gasteiger partial charge in [-0.15, -0.1) is 0 Å². The van der Waals surface area contributed by atoms with Gasteiger partial charge >= 0.3 is 0 Å². The lowest BCUT2D eigenvalue weighted by Crippen LogP contribution is -2.35. The van der Waals surface area contributed by atoms with E-state index in [1.807, 2.05) is 0 Å². The molecule has 30 heavy (non-hydrogen) atoms. The number of benzene rings is 1. The van der Waals surface area contributed by atoms with Gasteiger partial charge in [0, 0.05) is 5.54 Å². The maximum Gasteiger partial charge on any atom is 0.134 e. The molecule has 3 aliphatic rings. The molecule has 5 atom stereocenters. The first kappa shape index (κ1) is 22.3. The van der Waals surface area contributed by atoms with Crippen LogP contribution in [0.15, 0.2) is 24.3 Å². The lowest BCUT2D eigenvalue weighted by molar-refractivity contribution is 0.0988. The third-order valence-electron chi connectivity index (χ3n) is 8.28. The highest BCUT2D eigenvalue weighted by Gasteiger charge is 2.36. The van der Waals surface area contributed by atoms with Crippen molar-refractivity contribution in [2.75, 3.05) is 6.61 Å². The Hall–Kier alpha value is -0.860. The second-order valence-electron chi connectivity index (χ2n) is 11.3. The number of ether oxygens (including phenoxy) is 1. The van der Waals surface area contributed by atoms with Crippen molar-refractivity contribution >= 4 is 0 Å². The Balaban J connectivity index is 1.24. The average Bonchev–Trinajstić information content (AvgIpc) is 3.13. The van der Waals surface area contributed by atoms with Crippen LogP contribution in [0.1, 0.15) is 121 Å². The first-order valence-electron chi connectivity index (χ1n) is 13.0. The molecule has 0 amide bonds. The lowest BCUT2D eigenvalue weighted by Gasteiger charge is -2.42. The van der Waals surface area contributed by atoms with E-state index >= 15 is 0 Å². The number of hydrogen-bond acceptors (Lipinski definition) is 2. The zero-order chi connectivity index (χ0) is 21.0. The van der Waals surface area contributed by atoms with Gasteiger partial charge in [0.25, 0.3) is 0 Å². The summed E-state index contributed by atoms with van der Waals surface area (Å²) in [6.07, 6.45) is 17.6. The molecule has 2 heteroatoms. The number of fused-ring (bicyclic) bond motifs is 1. The van der Waals surface area contributed by atoms with Crippen molar-refractivity contribution in [3.63, 3.8) is 0 Å². The number of hydrogen-bond donors (Lipinski definition) is 1. The first-order chi connectivity index (χ1) is 14.5. The number of rotatable bonds is 8. The maximum absolute atomic E-state index is 5.96. The molecule has 1 heterocycles. The molecule has 2 saturated carbocycles. The van der Waals surface area contributed by atoms with Crippen LogP contribution in [-0.4, -0.2) is 12.1 Å². The molecule has 1 aliphatic heterocycles. The van der Waals surface area contributed by atoms with Crippen molar-refractivity contribution in [1.29, 1.82) is 0 Å². The van der Waals surface area contributed by atoms with Crippen LogP contribution in [0.4, 0.5) is 0 Å². The van der Waals surface area contributed by atoms with Crippen LogP contribution in [0, 0.1) is 17.8 Å². The summed E-state index contributed by atoms with van der Waals surface area (Å²) in [5, 5.41) is 3.59. The summed E-state index contributed by atoms with van der Waals surface area (Å²) in [7, 11) is 0. The highest BCUT2D eigenvalue weighted by Crippen LogP contribution is 2.48. The van der Waals surface area contributed by atoms with E-state index < -0.39 is 0 Å². The predicted molar refractivity (Wildman–Crippen MR) is 127 cm³/mol. The molecule has 0 aromatic heterocycles.